The number of aromatic amines is 1. The first-order valence-electron chi connectivity index (χ1n) is 6.17. The molecule has 1 saturated heterocycles. The number of imidazole rings is 1. The van der Waals surface area contributed by atoms with Crippen molar-refractivity contribution >= 4 is 17.1 Å². The second kappa shape index (κ2) is 5.10. The Morgan fingerprint density at radius 2 is 2.18 bits per heavy atom. The van der Waals surface area contributed by atoms with Crippen LogP contribution in [-0.4, -0.2) is 64.7 Å². The highest BCUT2D eigenvalue weighted by atomic mass is 16.6. The maximum absolute atomic E-state index is 11.7. The van der Waals surface area contributed by atoms with Crippen molar-refractivity contribution in [3.8, 4) is 0 Å². The highest BCUT2D eigenvalue weighted by Gasteiger charge is 2.44. The van der Waals surface area contributed by atoms with E-state index in [9.17, 15) is 25.1 Å². The predicted molar refractivity (Wildman–Crippen MR) is 67.8 cm³/mol. The summed E-state index contributed by atoms with van der Waals surface area (Å²) in [7, 11) is 0. The number of hydrogen-bond acceptors (Lipinski definition) is 9. The summed E-state index contributed by atoms with van der Waals surface area (Å²) in [6.07, 6.45) is -3.89. The van der Waals surface area contributed by atoms with Crippen LogP contribution in [0.25, 0.3) is 11.2 Å². The summed E-state index contributed by atoms with van der Waals surface area (Å²) in [5, 5.41) is 39.5. The van der Waals surface area contributed by atoms with Crippen LogP contribution in [0.2, 0.25) is 0 Å². The fourth-order valence-corrected chi connectivity index (χ4v) is 2.30. The van der Waals surface area contributed by atoms with Gasteiger partial charge in [-0.05, 0) is 9.91 Å². The van der Waals surface area contributed by atoms with Gasteiger partial charge in [0.25, 0.3) is 0 Å². The van der Waals surface area contributed by atoms with Gasteiger partial charge in [0.05, 0.1) is 6.61 Å². The van der Waals surface area contributed by atoms with Gasteiger partial charge in [0.15, 0.2) is 6.23 Å². The Morgan fingerprint density at radius 1 is 1.45 bits per heavy atom. The minimum absolute atomic E-state index is 0.176. The molecule has 0 radical (unpaired) electrons. The quantitative estimate of drug-likeness (QED) is 0.356. The second-order valence-corrected chi connectivity index (χ2v) is 4.70. The third kappa shape index (κ3) is 2.05. The van der Waals surface area contributed by atoms with Crippen LogP contribution in [0.5, 0.6) is 0 Å². The lowest BCUT2D eigenvalue weighted by Crippen LogP contribution is -2.33. The lowest BCUT2D eigenvalue weighted by Gasteiger charge is -2.15. The summed E-state index contributed by atoms with van der Waals surface area (Å²) in [4.78, 5) is 31.0. The summed E-state index contributed by atoms with van der Waals surface area (Å²) < 4.78 is 6.38. The van der Waals surface area contributed by atoms with Gasteiger partial charge in [-0.25, -0.2) is 14.8 Å². The zero-order chi connectivity index (χ0) is 16.0. The van der Waals surface area contributed by atoms with E-state index in [0.717, 1.165) is 10.9 Å². The largest absolute Gasteiger partial charge is 0.437 e. The number of ether oxygens (including phenoxy) is 1. The Morgan fingerprint density at radius 3 is 2.77 bits per heavy atom. The van der Waals surface area contributed by atoms with Gasteiger partial charge >= 0.3 is 11.5 Å². The number of rotatable bonds is 3. The number of fused-ring (bicyclic) bond motifs is 1. The normalized spacial score (nSPS) is 28.3. The van der Waals surface area contributed by atoms with E-state index in [1.165, 1.54) is 0 Å². The molecule has 0 aliphatic carbocycles. The zero-order valence-electron chi connectivity index (χ0n) is 10.9. The first kappa shape index (κ1) is 14.5. The standard InChI is InChI=1S/C10H11N5O7/c16-1-3-5(17)6(18)9(22-3)14-2-11-4-7(14)12-10(15(20)21)13-8(4)19/h2-3,5-6,9,16-18H,1H2,(H,12,13,19)/t3-,5-,6-,9-/m1/s1. The van der Waals surface area contributed by atoms with Crippen molar-refractivity contribution in [2.45, 2.75) is 24.5 Å². The first-order valence-corrected chi connectivity index (χ1v) is 6.17. The van der Waals surface area contributed by atoms with Crippen LogP contribution in [0.3, 0.4) is 0 Å². The van der Waals surface area contributed by atoms with Crippen LogP contribution < -0.4 is 5.56 Å². The number of aliphatic hydroxyl groups is 3. The number of hydrogen-bond donors (Lipinski definition) is 4. The van der Waals surface area contributed by atoms with Crippen LogP contribution in [0, 0.1) is 10.1 Å². The average molecular weight is 313 g/mol. The molecule has 1 aliphatic heterocycles. The fraction of sp³-hybridized carbons (Fsp3) is 0.500. The Hall–Kier alpha value is -2.41. The molecule has 12 heteroatoms. The van der Waals surface area contributed by atoms with Crippen LogP contribution in [0.4, 0.5) is 5.95 Å². The molecule has 1 aliphatic rings. The maximum Gasteiger partial charge on any atom is 0.437 e. The van der Waals surface area contributed by atoms with E-state index in [-0.39, 0.29) is 11.2 Å². The van der Waals surface area contributed by atoms with Gasteiger partial charge < -0.3 is 30.2 Å². The molecule has 0 unspecified atom stereocenters. The van der Waals surface area contributed by atoms with E-state index >= 15 is 0 Å². The van der Waals surface area contributed by atoms with Crippen molar-refractivity contribution in [3.63, 3.8) is 0 Å². The molecule has 118 valence electrons. The number of nitro groups is 1. The zero-order valence-corrected chi connectivity index (χ0v) is 10.9. The summed E-state index contributed by atoms with van der Waals surface area (Å²) in [5.41, 5.74) is -1.17. The average Bonchev–Trinajstić information content (AvgIpc) is 3.02. The third-order valence-electron chi connectivity index (χ3n) is 3.38. The molecule has 0 amide bonds. The lowest BCUT2D eigenvalue weighted by atomic mass is 10.1. The number of nitrogens with one attached hydrogen (secondary N) is 1. The second-order valence-electron chi connectivity index (χ2n) is 4.70. The molecule has 4 N–H and O–H groups in total. The molecule has 12 nitrogen and oxygen atoms in total. The van der Waals surface area contributed by atoms with Gasteiger partial charge in [-0.15, -0.1) is 0 Å². The highest BCUT2D eigenvalue weighted by Crippen LogP contribution is 2.30. The third-order valence-corrected chi connectivity index (χ3v) is 3.38. The highest BCUT2D eigenvalue weighted by molar-refractivity contribution is 5.70. The van der Waals surface area contributed by atoms with Gasteiger partial charge in [0.2, 0.25) is 11.2 Å². The fourth-order valence-electron chi connectivity index (χ4n) is 2.30. The Bertz CT molecular complexity index is 786. The van der Waals surface area contributed by atoms with Crippen molar-refractivity contribution in [3.05, 3.63) is 26.8 Å². The maximum atomic E-state index is 11.7. The Labute approximate surface area is 120 Å². The minimum atomic E-state index is -1.42. The van der Waals surface area contributed by atoms with E-state index in [2.05, 4.69) is 9.97 Å². The van der Waals surface area contributed by atoms with Gasteiger partial charge in [0.1, 0.15) is 24.6 Å². The molecule has 0 aromatic carbocycles. The monoisotopic (exact) mass is 313 g/mol. The molecular weight excluding hydrogens is 302 g/mol. The molecule has 22 heavy (non-hydrogen) atoms. The van der Waals surface area contributed by atoms with E-state index < -0.39 is 47.6 Å². The van der Waals surface area contributed by atoms with E-state index in [4.69, 9.17) is 9.84 Å². The Balaban J connectivity index is 2.12. The summed E-state index contributed by atoms with van der Waals surface area (Å²) in [6.45, 7) is -0.532. The molecule has 4 atom stereocenters. The molecule has 3 rings (SSSR count). The molecule has 3 heterocycles. The SMILES string of the molecule is O=c1[nH]c([N+](=O)[O-])nc2c1ncn2[C@@H]1O[C@H](CO)[C@@H](O)[C@H]1O. The van der Waals surface area contributed by atoms with Gasteiger partial charge in [-0.1, -0.05) is 0 Å². The van der Waals surface area contributed by atoms with Crippen molar-refractivity contribution < 1.29 is 25.0 Å². The lowest BCUT2D eigenvalue weighted by molar-refractivity contribution is -0.394. The van der Waals surface area contributed by atoms with Crippen molar-refractivity contribution in [1.82, 2.24) is 19.5 Å². The topological polar surface area (TPSA) is 177 Å². The summed E-state index contributed by atoms with van der Waals surface area (Å²) in [5.74, 6) is -0.786. The van der Waals surface area contributed by atoms with Gasteiger partial charge in [-0.3, -0.25) is 4.57 Å². The summed E-state index contributed by atoms with van der Waals surface area (Å²) >= 11 is 0. The van der Waals surface area contributed by atoms with Gasteiger partial charge in [0, 0.05) is 0 Å². The summed E-state index contributed by atoms with van der Waals surface area (Å²) in [6, 6.07) is 0. The number of H-pyrrole nitrogens is 1. The van der Waals surface area contributed by atoms with Crippen molar-refractivity contribution in [2.75, 3.05) is 6.61 Å². The van der Waals surface area contributed by atoms with Gasteiger partial charge in [-0.2, -0.15) is 0 Å². The molecule has 0 saturated carbocycles. The predicted octanol–water partition coefficient (Wildman–Crippen LogP) is -2.36. The smallest absolute Gasteiger partial charge is 0.394 e. The molecule has 2 aromatic heterocycles. The number of aromatic nitrogens is 4. The van der Waals surface area contributed by atoms with E-state index in [1.807, 2.05) is 4.98 Å². The number of aliphatic hydroxyl groups excluding tert-OH is 3. The molecule has 1 fully saturated rings. The van der Waals surface area contributed by atoms with E-state index in [0.29, 0.717) is 0 Å². The molecule has 0 spiro atoms. The van der Waals surface area contributed by atoms with Crippen LogP contribution >= 0.6 is 0 Å². The van der Waals surface area contributed by atoms with Crippen molar-refractivity contribution in [1.29, 1.82) is 0 Å². The Kier molecular flexibility index (Phi) is 3.37. The molecule has 2 aromatic rings. The number of nitrogens with zero attached hydrogens (tertiary/aromatic N) is 4. The van der Waals surface area contributed by atoms with Crippen LogP contribution in [0.15, 0.2) is 11.1 Å². The molecule has 0 bridgehead atoms. The van der Waals surface area contributed by atoms with Crippen molar-refractivity contribution in [2.24, 2.45) is 0 Å². The van der Waals surface area contributed by atoms with Crippen LogP contribution in [-0.2, 0) is 4.74 Å². The van der Waals surface area contributed by atoms with Crippen LogP contribution in [0.1, 0.15) is 6.23 Å². The first-order chi connectivity index (χ1) is 10.4. The minimum Gasteiger partial charge on any atom is -0.394 e. The van der Waals surface area contributed by atoms with E-state index in [1.54, 1.807) is 0 Å². The molecular formula is C10H11N5O7.